The molecule has 0 radical (unpaired) electrons. The van der Waals surface area contributed by atoms with Gasteiger partial charge in [-0.05, 0) is 42.7 Å². The Kier molecular flexibility index (Phi) is 6.55. The van der Waals surface area contributed by atoms with Crippen LogP contribution in [0.25, 0.3) is 0 Å². The van der Waals surface area contributed by atoms with Gasteiger partial charge in [-0.15, -0.1) is 0 Å². The van der Waals surface area contributed by atoms with Gasteiger partial charge in [0.25, 0.3) is 11.8 Å². The van der Waals surface area contributed by atoms with Crippen molar-refractivity contribution in [3.63, 3.8) is 0 Å². The number of hydrogen-bond donors (Lipinski definition) is 2. The third kappa shape index (κ3) is 4.31. The molecule has 2 heterocycles. The van der Waals surface area contributed by atoms with E-state index in [9.17, 15) is 32.3 Å². The zero-order chi connectivity index (χ0) is 26.3. The van der Waals surface area contributed by atoms with Crippen molar-refractivity contribution in [2.24, 2.45) is 0 Å². The quantitative estimate of drug-likeness (QED) is 0.441. The van der Waals surface area contributed by atoms with Crippen LogP contribution in [0.2, 0.25) is 0 Å². The molecule has 0 bridgehead atoms. The molecular weight excluding hydrogens is 478 g/mol. The summed E-state index contributed by atoms with van der Waals surface area (Å²) in [6, 6.07) is 7.77. The van der Waals surface area contributed by atoms with E-state index in [-0.39, 0.29) is 38.4 Å². The standard InChI is InChI=1S/C24H23BF3N3O5/c1-2-36-17-5-3-4-16(26)19(17)24(27,28)22(35)29-11-13-6-7-15-14(10-13)12-31(20(15)33)23(25)9-8-18(32)30-21(23)34/h3-7,10H,2,8-9,11-12,25H2,1H3,(H,29,35)(H,30,32,34). The van der Waals surface area contributed by atoms with Crippen LogP contribution in [0.4, 0.5) is 13.2 Å². The van der Waals surface area contributed by atoms with Crippen molar-refractivity contribution >= 4 is 31.5 Å². The van der Waals surface area contributed by atoms with Crippen LogP contribution in [0.5, 0.6) is 5.75 Å². The Labute approximate surface area is 205 Å². The molecule has 36 heavy (non-hydrogen) atoms. The molecule has 0 spiro atoms. The zero-order valence-corrected chi connectivity index (χ0v) is 19.6. The predicted molar refractivity (Wildman–Crippen MR) is 123 cm³/mol. The number of amides is 4. The van der Waals surface area contributed by atoms with Gasteiger partial charge in [-0.1, -0.05) is 18.2 Å². The Bertz CT molecular complexity index is 1270. The third-order valence-corrected chi connectivity index (χ3v) is 6.48. The lowest BCUT2D eigenvalue weighted by atomic mass is 9.70. The van der Waals surface area contributed by atoms with Crippen LogP contribution < -0.4 is 15.4 Å². The molecule has 1 fully saturated rings. The number of nitrogens with zero attached hydrogens (tertiary/aromatic N) is 1. The lowest BCUT2D eigenvalue weighted by molar-refractivity contribution is -0.147. The number of ether oxygens (including phenoxy) is 1. The maximum absolute atomic E-state index is 14.9. The smallest absolute Gasteiger partial charge is 0.356 e. The van der Waals surface area contributed by atoms with E-state index in [0.717, 1.165) is 12.1 Å². The van der Waals surface area contributed by atoms with Gasteiger partial charge < -0.3 is 15.0 Å². The van der Waals surface area contributed by atoms with E-state index in [1.807, 2.05) is 0 Å². The number of nitrogens with one attached hydrogen (secondary N) is 2. The van der Waals surface area contributed by atoms with E-state index in [0.29, 0.717) is 16.7 Å². The number of benzene rings is 2. The number of hydrogen-bond acceptors (Lipinski definition) is 5. The Balaban J connectivity index is 1.49. The second-order valence-corrected chi connectivity index (χ2v) is 8.84. The van der Waals surface area contributed by atoms with Crippen LogP contribution in [-0.2, 0) is 33.4 Å². The molecule has 8 nitrogen and oxygen atoms in total. The van der Waals surface area contributed by atoms with E-state index in [4.69, 9.17) is 4.74 Å². The van der Waals surface area contributed by atoms with Crippen molar-refractivity contribution in [1.82, 2.24) is 15.5 Å². The summed E-state index contributed by atoms with van der Waals surface area (Å²) in [5.74, 6) is -8.94. The average molecular weight is 501 g/mol. The summed E-state index contributed by atoms with van der Waals surface area (Å²) in [6.07, 6.45) is 0.274. The zero-order valence-electron chi connectivity index (χ0n) is 19.6. The minimum Gasteiger partial charge on any atom is -0.493 e. The fourth-order valence-electron chi connectivity index (χ4n) is 4.43. The topological polar surface area (TPSA) is 105 Å². The lowest BCUT2D eigenvalue weighted by Gasteiger charge is -2.39. The SMILES string of the molecule is BC1(N2Cc3cc(CNC(=O)C(F)(F)c4c(F)cccc4OCC)ccc3C2=O)CCC(=O)NC1=O. The highest BCUT2D eigenvalue weighted by Crippen LogP contribution is 2.38. The molecule has 4 amide bonds. The maximum atomic E-state index is 14.9. The van der Waals surface area contributed by atoms with E-state index in [2.05, 4.69) is 10.6 Å². The first kappa shape index (κ1) is 25.3. The summed E-state index contributed by atoms with van der Waals surface area (Å²) < 4.78 is 49.1. The van der Waals surface area contributed by atoms with Gasteiger partial charge in [0.1, 0.15) is 25.0 Å². The molecule has 0 saturated carbocycles. The number of carbonyl (C=O) groups is 4. The molecule has 1 atom stereocenters. The molecule has 12 heteroatoms. The van der Waals surface area contributed by atoms with Crippen molar-refractivity contribution < 1.29 is 37.1 Å². The fourth-order valence-corrected chi connectivity index (χ4v) is 4.43. The minimum absolute atomic E-state index is 0.00995. The second kappa shape index (κ2) is 9.32. The molecule has 1 saturated heterocycles. The summed E-state index contributed by atoms with van der Waals surface area (Å²) in [4.78, 5) is 50.7. The summed E-state index contributed by atoms with van der Waals surface area (Å²) in [5.41, 5.74) is -1.03. The number of fused-ring (bicyclic) bond motifs is 1. The summed E-state index contributed by atoms with van der Waals surface area (Å²) in [5, 5.41) is 4.38. The first-order valence-electron chi connectivity index (χ1n) is 11.3. The molecule has 2 aliphatic heterocycles. The van der Waals surface area contributed by atoms with Crippen molar-refractivity contribution in [3.8, 4) is 5.75 Å². The van der Waals surface area contributed by atoms with Gasteiger partial charge in [-0.3, -0.25) is 24.5 Å². The molecule has 2 aromatic carbocycles. The predicted octanol–water partition coefficient (Wildman–Crippen LogP) is 1.35. The van der Waals surface area contributed by atoms with Gasteiger partial charge in [0.2, 0.25) is 11.8 Å². The Morgan fingerprint density at radius 1 is 1.25 bits per heavy atom. The number of alkyl halides is 2. The lowest BCUT2D eigenvalue weighted by Crippen LogP contribution is -2.63. The number of piperidine rings is 1. The van der Waals surface area contributed by atoms with Crippen LogP contribution in [0.3, 0.4) is 0 Å². The highest BCUT2D eigenvalue weighted by molar-refractivity contribution is 6.32. The number of imide groups is 1. The first-order chi connectivity index (χ1) is 17.0. The third-order valence-electron chi connectivity index (χ3n) is 6.48. The fraction of sp³-hybridized carbons (Fsp3) is 0.333. The van der Waals surface area contributed by atoms with Crippen LogP contribution in [0.1, 0.15) is 46.8 Å². The van der Waals surface area contributed by atoms with E-state index in [1.165, 1.54) is 23.1 Å². The van der Waals surface area contributed by atoms with Gasteiger partial charge in [0, 0.05) is 25.1 Å². The molecule has 2 aliphatic rings. The van der Waals surface area contributed by atoms with Gasteiger partial charge >= 0.3 is 5.92 Å². The highest BCUT2D eigenvalue weighted by Gasteiger charge is 2.48. The Morgan fingerprint density at radius 3 is 2.69 bits per heavy atom. The van der Waals surface area contributed by atoms with Gasteiger partial charge in [-0.2, -0.15) is 8.78 Å². The van der Waals surface area contributed by atoms with Crippen LogP contribution in [0.15, 0.2) is 36.4 Å². The highest BCUT2D eigenvalue weighted by atomic mass is 19.3. The van der Waals surface area contributed by atoms with Gasteiger partial charge in [0.05, 0.1) is 12.0 Å². The van der Waals surface area contributed by atoms with Crippen LogP contribution in [-0.4, -0.2) is 48.4 Å². The molecule has 2 aromatic rings. The Morgan fingerprint density at radius 2 is 2.00 bits per heavy atom. The first-order valence-corrected chi connectivity index (χ1v) is 11.3. The molecule has 1 unspecified atom stereocenters. The summed E-state index contributed by atoms with van der Waals surface area (Å²) >= 11 is 0. The minimum atomic E-state index is -4.19. The van der Waals surface area contributed by atoms with Crippen molar-refractivity contribution in [2.45, 2.75) is 44.2 Å². The summed E-state index contributed by atoms with van der Waals surface area (Å²) in [6.45, 7) is 1.33. The number of rotatable bonds is 7. The van der Waals surface area contributed by atoms with Crippen molar-refractivity contribution in [1.29, 1.82) is 0 Å². The number of carbonyl (C=O) groups excluding carboxylic acids is 4. The largest absolute Gasteiger partial charge is 0.493 e. The monoisotopic (exact) mass is 501 g/mol. The van der Waals surface area contributed by atoms with Gasteiger partial charge in [-0.25, -0.2) is 4.39 Å². The number of halogens is 3. The average Bonchev–Trinajstić information content (AvgIpc) is 3.16. The Hall–Kier alpha value is -3.83. The van der Waals surface area contributed by atoms with E-state index < -0.39 is 46.2 Å². The van der Waals surface area contributed by atoms with E-state index in [1.54, 1.807) is 20.8 Å². The molecule has 0 aliphatic carbocycles. The van der Waals surface area contributed by atoms with Gasteiger partial charge in [0.15, 0.2) is 0 Å². The molecule has 188 valence electrons. The van der Waals surface area contributed by atoms with Crippen LogP contribution in [0, 0.1) is 5.82 Å². The second-order valence-electron chi connectivity index (χ2n) is 8.84. The maximum Gasteiger partial charge on any atom is 0.356 e. The normalized spacial score (nSPS) is 19.7. The molecular formula is C24H23BF3N3O5. The van der Waals surface area contributed by atoms with Crippen molar-refractivity contribution in [2.75, 3.05) is 6.61 Å². The van der Waals surface area contributed by atoms with Crippen LogP contribution >= 0.6 is 0 Å². The van der Waals surface area contributed by atoms with E-state index >= 15 is 0 Å². The molecule has 2 N–H and O–H groups in total. The molecule has 0 aromatic heterocycles. The molecule has 4 rings (SSSR count). The summed E-state index contributed by atoms with van der Waals surface area (Å²) in [7, 11) is 1.58. The van der Waals surface area contributed by atoms with Crippen molar-refractivity contribution in [3.05, 3.63) is 64.5 Å².